The molecule has 0 spiro atoms. The van der Waals surface area contributed by atoms with E-state index in [0.29, 0.717) is 0 Å². The van der Waals surface area contributed by atoms with Gasteiger partial charge in [-0.15, -0.1) is 0 Å². The molecule has 127 valence electrons. The van der Waals surface area contributed by atoms with E-state index in [-0.39, 0.29) is 14.7 Å². The molecule has 0 unspecified atom stereocenters. The molecule has 0 bridgehead atoms. The molecule has 0 amide bonds. The van der Waals surface area contributed by atoms with Gasteiger partial charge in [-0.05, 0) is 36.6 Å². The van der Waals surface area contributed by atoms with Crippen molar-refractivity contribution >= 4 is 14.8 Å². The highest BCUT2D eigenvalue weighted by Gasteiger charge is 2.32. The maximum absolute atomic E-state index is 10.9. The molecule has 2 fully saturated rings. The second-order valence-electron chi connectivity index (χ2n) is 7.31. The Balaban J connectivity index is 1.58. The number of aliphatic carboxylic acids is 1. The number of carbonyl (C=O) groups is 1. The van der Waals surface area contributed by atoms with Gasteiger partial charge in [-0.25, -0.2) is 0 Å². The predicted molar refractivity (Wildman–Crippen MR) is 89.2 cm³/mol. The van der Waals surface area contributed by atoms with E-state index in [1.54, 1.807) is 7.11 Å². The molecule has 1 saturated heterocycles. The molecule has 2 aliphatic rings. The summed E-state index contributed by atoms with van der Waals surface area (Å²) in [7, 11) is 1.51. The zero-order valence-corrected chi connectivity index (χ0v) is 15.1. The summed E-state index contributed by atoms with van der Waals surface area (Å²) in [6, 6.07) is 2.44. The summed E-state index contributed by atoms with van der Waals surface area (Å²) < 4.78 is 5.10. The van der Waals surface area contributed by atoms with Gasteiger partial charge in [0.15, 0.2) is 0 Å². The summed E-state index contributed by atoms with van der Waals surface area (Å²) in [5, 5.41) is 10.9. The molecule has 3 nitrogen and oxygen atoms in total. The van der Waals surface area contributed by atoms with E-state index in [2.05, 4.69) is 0 Å². The maximum Gasteiger partial charge on any atom is 0.0512 e. The van der Waals surface area contributed by atoms with Crippen LogP contribution in [-0.4, -0.2) is 28.5 Å². The zero-order valence-electron chi connectivity index (χ0n) is 14.1. The molecule has 22 heavy (non-hydrogen) atoms. The summed E-state index contributed by atoms with van der Waals surface area (Å²) in [6.07, 6.45) is 12.8. The van der Waals surface area contributed by atoms with Gasteiger partial charge in [0.05, 0.1) is 8.80 Å². The molecule has 1 saturated carbocycles. The molecule has 2 rings (SSSR count). The highest BCUT2D eigenvalue weighted by Crippen LogP contribution is 2.41. The van der Waals surface area contributed by atoms with Crippen LogP contribution < -0.4 is 5.11 Å². The number of hydrogen-bond acceptors (Lipinski definition) is 3. The lowest BCUT2D eigenvalue weighted by Gasteiger charge is -2.37. The van der Waals surface area contributed by atoms with E-state index >= 15 is 0 Å². The lowest BCUT2D eigenvalue weighted by Crippen LogP contribution is -2.37. The van der Waals surface area contributed by atoms with Crippen LogP contribution in [0.5, 0.6) is 0 Å². The molecule has 0 aromatic heterocycles. The molecule has 0 N–H and O–H groups in total. The second-order valence-corrected chi connectivity index (χ2v) is 10.4. The monoisotopic (exact) mass is 324 g/mol. The first-order chi connectivity index (χ1) is 10.7. The van der Waals surface area contributed by atoms with Gasteiger partial charge in [-0.1, -0.05) is 57.0 Å². The summed E-state index contributed by atoms with van der Waals surface area (Å²) in [5.74, 6) is 0.0105. The Morgan fingerprint density at radius 1 is 1.05 bits per heavy atom. The maximum atomic E-state index is 10.9. The Hall–Kier alpha value is -0.353. The van der Waals surface area contributed by atoms with E-state index in [0.717, 1.165) is 30.9 Å². The van der Waals surface area contributed by atoms with Crippen molar-refractivity contribution in [3.8, 4) is 0 Å². The molecule has 0 aromatic carbocycles. The van der Waals surface area contributed by atoms with E-state index < -0.39 is 5.97 Å². The highest BCUT2D eigenvalue weighted by atomic mass is 28.3. The molecular weight excluding hydrogens is 292 g/mol. The fraction of sp³-hybridized carbons (Fsp3) is 0.944. The number of methoxy groups -OCH3 is 1. The third-order valence-electron chi connectivity index (χ3n) is 5.85. The summed E-state index contributed by atoms with van der Waals surface area (Å²) >= 11 is 0. The standard InChI is InChI=1S/C18H33O3Si/c1-21-12-4-2-3-5-15-6-8-17(9-7-15)22-13-10-16(11-14-22)18(19)20/h15-17H,2-14H2,1H3,(H,19,20)/p-1. The Morgan fingerprint density at radius 3 is 2.32 bits per heavy atom. The van der Waals surface area contributed by atoms with Crippen LogP contribution in [0.4, 0.5) is 0 Å². The van der Waals surface area contributed by atoms with E-state index in [1.165, 1.54) is 63.5 Å². The zero-order chi connectivity index (χ0) is 15.8. The molecule has 1 aliphatic heterocycles. The first-order valence-electron chi connectivity index (χ1n) is 9.25. The largest absolute Gasteiger partial charge is 0.550 e. The van der Waals surface area contributed by atoms with Crippen molar-refractivity contribution in [1.29, 1.82) is 0 Å². The number of carboxylic acids is 1. The number of hydrogen-bond donors (Lipinski definition) is 0. The van der Waals surface area contributed by atoms with Crippen molar-refractivity contribution in [2.24, 2.45) is 11.8 Å². The van der Waals surface area contributed by atoms with Gasteiger partial charge in [-0.2, -0.15) is 0 Å². The van der Waals surface area contributed by atoms with Gasteiger partial charge < -0.3 is 14.6 Å². The number of carboxylic acid groups (broad SMARTS) is 1. The lowest BCUT2D eigenvalue weighted by molar-refractivity contribution is -0.311. The fourth-order valence-electron chi connectivity index (χ4n) is 4.35. The van der Waals surface area contributed by atoms with Crippen molar-refractivity contribution in [1.82, 2.24) is 0 Å². The quantitative estimate of drug-likeness (QED) is 0.508. The van der Waals surface area contributed by atoms with Crippen LogP contribution in [-0.2, 0) is 9.53 Å². The van der Waals surface area contributed by atoms with Crippen molar-refractivity contribution < 1.29 is 14.6 Å². The molecule has 0 aromatic rings. The van der Waals surface area contributed by atoms with Gasteiger partial charge >= 0.3 is 0 Å². The topological polar surface area (TPSA) is 49.4 Å². The Morgan fingerprint density at radius 2 is 1.73 bits per heavy atom. The number of carbonyl (C=O) groups excluding carboxylic acids is 1. The van der Waals surface area contributed by atoms with Gasteiger partial charge in [0.1, 0.15) is 0 Å². The smallest absolute Gasteiger partial charge is 0.0512 e. The number of ether oxygens (including phenoxy) is 1. The summed E-state index contributed by atoms with van der Waals surface area (Å²) in [4.78, 5) is 10.9. The minimum absolute atomic E-state index is 0.141. The molecule has 0 atom stereocenters. The third kappa shape index (κ3) is 5.69. The van der Waals surface area contributed by atoms with Crippen molar-refractivity contribution in [2.45, 2.75) is 81.8 Å². The molecule has 4 heteroatoms. The number of rotatable bonds is 8. The van der Waals surface area contributed by atoms with E-state index in [4.69, 9.17) is 4.74 Å². The minimum Gasteiger partial charge on any atom is -0.550 e. The Labute approximate surface area is 137 Å². The van der Waals surface area contributed by atoms with Crippen LogP contribution in [0.1, 0.15) is 64.2 Å². The number of unbranched alkanes of at least 4 members (excludes halogenated alkanes) is 2. The lowest BCUT2D eigenvalue weighted by atomic mass is 9.85. The SMILES string of the molecule is COCCCCCC1CCC([Si]2CCC(C(=O)[O-])CC2)CC1. The second kappa shape index (κ2) is 9.71. The van der Waals surface area contributed by atoms with Crippen LogP contribution in [0.25, 0.3) is 0 Å². The van der Waals surface area contributed by atoms with E-state index in [9.17, 15) is 9.90 Å². The highest BCUT2D eigenvalue weighted by molar-refractivity contribution is 6.60. The normalized spacial score (nSPS) is 27.9. The summed E-state index contributed by atoms with van der Waals surface area (Å²) in [6.45, 7) is 0.908. The van der Waals surface area contributed by atoms with Crippen molar-refractivity contribution in [2.75, 3.05) is 13.7 Å². The van der Waals surface area contributed by atoms with Crippen LogP contribution in [0.15, 0.2) is 0 Å². The van der Waals surface area contributed by atoms with Crippen LogP contribution in [0.3, 0.4) is 0 Å². The first-order valence-corrected chi connectivity index (χ1v) is 11.2. The van der Waals surface area contributed by atoms with Gasteiger partial charge in [0.25, 0.3) is 0 Å². The molecule has 1 heterocycles. The minimum atomic E-state index is -0.807. The van der Waals surface area contributed by atoms with Crippen molar-refractivity contribution in [3.63, 3.8) is 0 Å². The van der Waals surface area contributed by atoms with Crippen LogP contribution in [0.2, 0.25) is 17.6 Å². The molecular formula is C18H32O3Si-. The van der Waals surface area contributed by atoms with Crippen LogP contribution in [0, 0.1) is 11.8 Å². The van der Waals surface area contributed by atoms with E-state index in [1.807, 2.05) is 0 Å². The first kappa shape index (κ1) is 18.0. The average molecular weight is 325 g/mol. The molecule has 1 aliphatic carbocycles. The van der Waals surface area contributed by atoms with Gasteiger partial charge in [-0.3, -0.25) is 0 Å². The average Bonchev–Trinajstić information content (AvgIpc) is 2.55. The van der Waals surface area contributed by atoms with Gasteiger partial charge in [0.2, 0.25) is 0 Å². The van der Waals surface area contributed by atoms with Crippen LogP contribution >= 0.6 is 0 Å². The fourth-order valence-corrected chi connectivity index (χ4v) is 8.00. The Kier molecular flexibility index (Phi) is 7.94. The van der Waals surface area contributed by atoms with Crippen molar-refractivity contribution in [3.05, 3.63) is 0 Å². The van der Waals surface area contributed by atoms with Gasteiger partial charge in [0, 0.05) is 19.7 Å². The Bertz CT molecular complexity index is 318. The third-order valence-corrected chi connectivity index (χ3v) is 9.44. The predicted octanol–water partition coefficient (Wildman–Crippen LogP) is 3.41. The molecule has 1 radical (unpaired) electrons. The summed E-state index contributed by atoms with van der Waals surface area (Å²) in [5.41, 5.74) is 0.970.